The molecule has 0 aliphatic carbocycles. The average molecular weight is 374 g/mol. The molecule has 1 aromatic carbocycles. The summed E-state index contributed by atoms with van der Waals surface area (Å²) >= 11 is 0. The van der Waals surface area contributed by atoms with E-state index < -0.39 is 0 Å². The van der Waals surface area contributed by atoms with Crippen LogP contribution in [0.15, 0.2) is 23.2 Å². The summed E-state index contributed by atoms with van der Waals surface area (Å²) in [6, 6.07) is 6.14. The van der Waals surface area contributed by atoms with Gasteiger partial charge < -0.3 is 24.8 Å². The van der Waals surface area contributed by atoms with Crippen LogP contribution in [0.5, 0.6) is 11.5 Å². The first kappa shape index (κ1) is 20.9. The van der Waals surface area contributed by atoms with Crippen molar-refractivity contribution < 1.29 is 14.2 Å². The predicted molar refractivity (Wildman–Crippen MR) is 107 cm³/mol. The number of morpholine rings is 1. The van der Waals surface area contributed by atoms with E-state index in [2.05, 4.69) is 27.5 Å². The summed E-state index contributed by atoms with van der Waals surface area (Å²) in [5.41, 5.74) is 1.13. The highest BCUT2D eigenvalue weighted by molar-refractivity contribution is 5.80. The molecule has 0 aromatic heterocycles. The smallest absolute Gasteiger partial charge is 0.192 e. The monoisotopic (exact) mass is 374 g/mol. The van der Waals surface area contributed by atoms with Crippen LogP contribution < -0.4 is 20.1 Å². The van der Waals surface area contributed by atoms with Gasteiger partial charge in [-0.3, -0.25) is 9.89 Å². The number of methoxy groups -OCH3 is 2. The summed E-state index contributed by atoms with van der Waals surface area (Å²) < 4.78 is 16.4. The number of terminal acetylenes is 1. The van der Waals surface area contributed by atoms with Crippen molar-refractivity contribution in [1.29, 1.82) is 0 Å². The van der Waals surface area contributed by atoms with Crippen molar-refractivity contribution >= 4 is 5.96 Å². The second-order valence-corrected chi connectivity index (χ2v) is 6.06. The molecule has 1 aliphatic rings. The number of aliphatic imine (C=N–C) groups is 1. The first-order valence-corrected chi connectivity index (χ1v) is 9.22. The molecule has 1 atom stereocenters. The number of hydrogen-bond donors (Lipinski definition) is 2. The van der Waals surface area contributed by atoms with Crippen molar-refractivity contribution in [2.24, 2.45) is 4.99 Å². The molecule has 27 heavy (non-hydrogen) atoms. The van der Waals surface area contributed by atoms with Crippen LogP contribution in [0.2, 0.25) is 0 Å². The molecule has 7 heteroatoms. The Balaban J connectivity index is 2.26. The normalized spacial score (nSPS) is 16.3. The number of guanidine groups is 1. The Morgan fingerprint density at radius 3 is 2.63 bits per heavy atom. The minimum Gasteiger partial charge on any atom is -0.493 e. The molecule has 0 radical (unpaired) electrons. The van der Waals surface area contributed by atoms with E-state index in [1.165, 1.54) is 0 Å². The molecule has 1 aliphatic heterocycles. The van der Waals surface area contributed by atoms with Crippen LogP contribution in [0.3, 0.4) is 0 Å². The zero-order valence-corrected chi connectivity index (χ0v) is 16.5. The number of rotatable bonds is 8. The highest BCUT2D eigenvalue weighted by Crippen LogP contribution is 2.32. The lowest BCUT2D eigenvalue weighted by atomic mass is 10.0. The van der Waals surface area contributed by atoms with Crippen LogP contribution in [-0.4, -0.2) is 71.0 Å². The minimum absolute atomic E-state index is 0.106. The Kier molecular flexibility index (Phi) is 8.75. The summed E-state index contributed by atoms with van der Waals surface area (Å²) in [5, 5.41) is 6.36. The van der Waals surface area contributed by atoms with E-state index in [-0.39, 0.29) is 6.04 Å². The molecule has 1 heterocycles. The van der Waals surface area contributed by atoms with Crippen molar-refractivity contribution in [3.05, 3.63) is 23.8 Å². The lowest BCUT2D eigenvalue weighted by molar-refractivity contribution is 0.0179. The fraction of sp³-hybridized carbons (Fsp3) is 0.550. The number of hydrogen-bond acceptors (Lipinski definition) is 5. The second kappa shape index (κ2) is 11.3. The van der Waals surface area contributed by atoms with E-state index in [1.807, 2.05) is 19.1 Å². The average Bonchev–Trinajstić information content (AvgIpc) is 2.72. The van der Waals surface area contributed by atoms with Crippen molar-refractivity contribution in [2.45, 2.75) is 13.0 Å². The third-order valence-electron chi connectivity index (χ3n) is 4.40. The number of nitrogens with zero attached hydrogens (tertiary/aromatic N) is 2. The van der Waals surface area contributed by atoms with E-state index in [0.717, 1.165) is 49.9 Å². The van der Waals surface area contributed by atoms with Crippen molar-refractivity contribution in [1.82, 2.24) is 15.5 Å². The largest absolute Gasteiger partial charge is 0.493 e. The second-order valence-electron chi connectivity index (χ2n) is 6.06. The molecule has 7 nitrogen and oxygen atoms in total. The third-order valence-corrected chi connectivity index (χ3v) is 4.40. The number of nitrogens with one attached hydrogen (secondary N) is 2. The third kappa shape index (κ3) is 6.05. The van der Waals surface area contributed by atoms with Crippen molar-refractivity contribution in [2.75, 3.05) is 60.2 Å². The van der Waals surface area contributed by atoms with E-state index in [0.29, 0.717) is 19.0 Å². The van der Waals surface area contributed by atoms with Gasteiger partial charge in [0.2, 0.25) is 0 Å². The molecule has 2 N–H and O–H groups in total. The Morgan fingerprint density at radius 1 is 1.26 bits per heavy atom. The van der Waals surface area contributed by atoms with Gasteiger partial charge in [0, 0.05) is 19.6 Å². The summed E-state index contributed by atoms with van der Waals surface area (Å²) in [6.45, 7) is 7.01. The molecular formula is C20H30N4O3. The lowest BCUT2D eigenvalue weighted by Gasteiger charge is -2.34. The summed E-state index contributed by atoms with van der Waals surface area (Å²) in [4.78, 5) is 7.13. The molecule has 0 saturated carbocycles. The van der Waals surface area contributed by atoms with Gasteiger partial charge in [-0.25, -0.2) is 0 Å². The van der Waals surface area contributed by atoms with E-state index in [1.54, 1.807) is 14.2 Å². The maximum Gasteiger partial charge on any atom is 0.192 e. The van der Waals surface area contributed by atoms with Gasteiger partial charge in [0.05, 0.1) is 46.6 Å². The van der Waals surface area contributed by atoms with Crippen molar-refractivity contribution in [3.8, 4) is 23.8 Å². The molecule has 1 unspecified atom stereocenters. The molecule has 0 amide bonds. The van der Waals surface area contributed by atoms with Gasteiger partial charge in [0.1, 0.15) is 0 Å². The van der Waals surface area contributed by atoms with E-state index >= 15 is 0 Å². The minimum atomic E-state index is 0.106. The van der Waals surface area contributed by atoms with Gasteiger partial charge in [0.25, 0.3) is 0 Å². The Hall–Kier alpha value is -2.43. The van der Waals surface area contributed by atoms with Crippen molar-refractivity contribution in [3.63, 3.8) is 0 Å². The zero-order valence-electron chi connectivity index (χ0n) is 16.5. The fourth-order valence-electron chi connectivity index (χ4n) is 3.04. The summed E-state index contributed by atoms with van der Waals surface area (Å²) in [6.07, 6.45) is 5.35. The molecule has 148 valence electrons. The summed E-state index contributed by atoms with van der Waals surface area (Å²) in [7, 11) is 3.29. The molecule has 0 spiro atoms. The highest BCUT2D eigenvalue weighted by Gasteiger charge is 2.23. The van der Waals surface area contributed by atoms with Gasteiger partial charge in [-0.1, -0.05) is 12.0 Å². The van der Waals surface area contributed by atoms with Gasteiger partial charge >= 0.3 is 0 Å². The first-order valence-electron chi connectivity index (χ1n) is 9.22. The molecule has 1 saturated heterocycles. The van der Waals surface area contributed by atoms with Gasteiger partial charge in [0.15, 0.2) is 17.5 Å². The standard InChI is InChI=1S/C20H30N4O3/c1-5-9-22-20(21-6-2)23-15-17(24-10-12-27-13-11-24)16-7-8-18(25-3)19(14-16)26-4/h1,7-8,14,17H,6,9-13,15H2,2-4H3,(H2,21,22,23). The maximum absolute atomic E-state index is 5.52. The number of ether oxygens (including phenoxy) is 3. The fourth-order valence-corrected chi connectivity index (χ4v) is 3.04. The highest BCUT2D eigenvalue weighted by atomic mass is 16.5. The van der Waals surface area contributed by atoms with Crippen LogP contribution in [-0.2, 0) is 4.74 Å². The topological polar surface area (TPSA) is 67.4 Å². The zero-order chi connectivity index (χ0) is 19.5. The SMILES string of the molecule is C#CCNC(=NCC(c1ccc(OC)c(OC)c1)N1CCOCC1)NCC. The maximum atomic E-state index is 5.52. The predicted octanol–water partition coefficient (Wildman–Crippen LogP) is 1.27. The molecule has 1 fully saturated rings. The van der Waals surface area contributed by atoms with E-state index in [4.69, 9.17) is 25.6 Å². The van der Waals surface area contributed by atoms with Crippen LogP contribution in [0, 0.1) is 12.3 Å². The molecule has 1 aromatic rings. The lowest BCUT2D eigenvalue weighted by Crippen LogP contribution is -2.42. The first-order chi connectivity index (χ1) is 13.2. The molecular weight excluding hydrogens is 344 g/mol. The number of benzene rings is 1. The van der Waals surface area contributed by atoms with Crippen LogP contribution >= 0.6 is 0 Å². The van der Waals surface area contributed by atoms with Crippen LogP contribution in [0.25, 0.3) is 0 Å². The Labute approximate surface area is 162 Å². The van der Waals surface area contributed by atoms with Crippen LogP contribution in [0.1, 0.15) is 18.5 Å². The molecule has 0 bridgehead atoms. The van der Waals surface area contributed by atoms with Gasteiger partial charge in [-0.15, -0.1) is 6.42 Å². The van der Waals surface area contributed by atoms with E-state index in [9.17, 15) is 0 Å². The Morgan fingerprint density at radius 2 is 2.00 bits per heavy atom. The van der Waals surface area contributed by atoms with Gasteiger partial charge in [-0.05, 0) is 24.6 Å². The molecule has 2 rings (SSSR count). The summed E-state index contributed by atoms with van der Waals surface area (Å²) in [5.74, 6) is 4.73. The van der Waals surface area contributed by atoms with Gasteiger partial charge in [-0.2, -0.15) is 0 Å². The van der Waals surface area contributed by atoms with Crippen LogP contribution in [0.4, 0.5) is 0 Å². The quantitative estimate of drug-likeness (QED) is 0.406. The Bertz CT molecular complexity index is 651.